The van der Waals surface area contributed by atoms with Crippen molar-refractivity contribution < 1.29 is 27.9 Å². The average Bonchev–Trinajstić information content (AvgIpc) is 2.27. The van der Waals surface area contributed by atoms with Crippen molar-refractivity contribution in [3.8, 4) is 0 Å². The molecule has 0 aliphatic heterocycles. The van der Waals surface area contributed by atoms with Crippen LogP contribution >= 0.6 is 0 Å². The molecule has 1 rings (SSSR count). The molecule has 0 radical (unpaired) electrons. The highest BCUT2D eigenvalue weighted by molar-refractivity contribution is 5.97. The lowest BCUT2D eigenvalue weighted by atomic mass is 10.1. The number of nitrogens with one attached hydrogen (secondary N) is 1. The number of carboxylic acid groups (broad SMARTS) is 1. The fraction of sp³-hybridized carbons (Fsp3) is 0.273. The number of hydrogen-bond donors (Lipinski definition) is 2. The van der Waals surface area contributed by atoms with E-state index in [4.69, 9.17) is 5.11 Å². The molecular weight excluding hydrogens is 251 g/mol. The third kappa shape index (κ3) is 3.22. The minimum Gasteiger partial charge on any atom is -0.480 e. The van der Waals surface area contributed by atoms with E-state index in [-0.39, 0.29) is 0 Å². The van der Waals surface area contributed by atoms with Crippen LogP contribution in [0.4, 0.5) is 13.2 Å². The van der Waals surface area contributed by atoms with Crippen molar-refractivity contribution in [1.82, 2.24) is 5.32 Å². The minimum atomic E-state index is -4.67. The highest BCUT2D eigenvalue weighted by atomic mass is 19.4. The number of halogens is 3. The first-order chi connectivity index (χ1) is 8.23. The Labute approximate surface area is 100 Å². The van der Waals surface area contributed by atoms with Crippen LogP contribution in [0.1, 0.15) is 22.8 Å². The largest absolute Gasteiger partial charge is 0.480 e. The average molecular weight is 261 g/mol. The molecule has 0 bridgehead atoms. The number of aliphatic carboxylic acids is 1. The number of benzene rings is 1. The lowest BCUT2D eigenvalue weighted by Gasteiger charge is -2.14. The molecule has 4 nitrogen and oxygen atoms in total. The van der Waals surface area contributed by atoms with E-state index in [1.807, 2.05) is 5.32 Å². The first-order valence-corrected chi connectivity index (χ1v) is 4.93. The monoisotopic (exact) mass is 261 g/mol. The molecule has 1 atom stereocenters. The van der Waals surface area contributed by atoms with Crippen LogP contribution in [0.2, 0.25) is 0 Å². The number of carboxylic acids is 1. The molecule has 0 aromatic heterocycles. The molecule has 0 aliphatic rings. The first kappa shape index (κ1) is 14.0. The quantitative estimate of drug-likeness (QED) is 0.873. The number of hydrogen-bond acceptors (Lipinski definition) is 2. The van der Waals surface area contributed by atoms with E-state index in [1.54, 1.807) is 0 Å². The van der Waals surface area contributed by atoms with Gasteiger partial charge in [0.2, 0.25) is 0 Å². The predicted octanol–water partition coefficient (Wildman–Crippen LogP) is 1.91. The fourth-order valence-electron chi connectivity index (χ4n) is 1.26. The summed E-state index contributed by atoms with van der Waals surface area (Å²) in [6.07, 6.45) is -4.67. The summed E-state index contributed by atoms with van der Waals surface area (Å²) in [4.78, 5) is 22.1. The van der Waals surface area contributed by atoms with Gasteiger partial charge < -0.3 is 10.4 Å². The normalized spacial score (nSPS) is 12.9. The molecule has 0 aliphatic carbocycles. The standard InChI is InChI=1S/C11H10F3NO3/c1-6(10(17)18)15-9(16)7-4-2-3-5-8(7)11(12,13)14/h2-6H,1H3,(H,15,16)(H,17,18)/t6-/m1/s1. The van der Waals surface area contributed by atoms with Crippen LogP contribution in [-0.4, -0.2) is 23.0 Å². The Morgan fingerprint density at radius 1 is 1.28 bits per heavy atom. The summed E-state index contributed by atoms with van der Waals surface area (Å²) in [7, 11) is 0. The SMILES string of the molecule is C[C@@H](NC(=O)c1ccccc1C(F)(F)F)C(=O)O. The van der Waals surface area contributed by atoms with E-state index < -0.39 is 35.2 Å². The molecule has 0 unspecified atom stereocenters. The number of amides is 1. The van der Waals surface area contributed by atoms with Crippen molar-refractivity contribution in [1.29, 1.82) is 0 Å². The number of carbonyl (C=O) groups excluding carboxylic acids is 1. The van der Waals surface area contributed by atoms with E-state index in [0.29, 0.717) is 0 Å². The van der Waals surface area contributed by atoms with Crippen molar-refractivity contribution in [2.75, 3.05) is 0 Å². The zero-order valence-corrected chi connectivity index (χ0v) is 9.28. The molecule has 1 aromatic carbocycles. The summed E-state index contributed by atoms with van der Waals surface area (Å²) in [5.74, 6) is -2.40. The van der Waals surface area contributed by atoms with Gasteiger partial charge in [0.05, 0.1) is 11.1 Å². The maximum absolute atomic E-state index is 12.6. The summed E-state index contributed by atoms with van der Waals surface area (Å²) < 4.78 is 37.8. The molecule has 0 saturated heterocycles. The molecule has 0 fully saturated rings. The highest BCUT2D eigenvalue weighted by Gasteiger charge is 2.35. The molecule has 98 valence electrons. The van der Waals surface area contributed by atoms with Crippen LogP contribution in [0.15, 0.2) is 24.3 Å². The molecule has 1 amide bonds. The van der Waals surface area contributed by atoms with Gasteiger partial charge in [0.1, 0.15) is 6.04 Å². The smallest absolute Gasteiger partial charge is 0.417 e. The topological polar surface area (TPSA) is 66.4 Å². The maximum atomic E-state index is 12.6. The molecule has 7 heteroatoms. The van der Waals surface area contributed by atoms with Crippen molar-refractivity contribution in [2.24, 2.45) is 0 Å². The second-order valence-corrected chi connectivity index (χ2v) is 3.58. The summed E-state index contributed by atoms with van der Waals surface area (Å²) >= 11 is 0. The second-order valence-electron chi connectivity index (χ2n) is 3.58. The summed E-state index contributed by atoms with van der Waals surface area (Å²) in [6.45, 7) is 1.16. The number of rotatable bonds is 3. The van der Waals surface area contributed by atoms with E-state index in [9.17, 15) is 22.8 Å². The zero-order valence-electron chi connectivity index (χ0n) is 9.28. The van der Waals surface area contributed by atoms with Crippen molar-refractivity contribution in [3.05, 3.63) is 35.4 Å². The van der Waals surface area contributed by atoms with Gasteiger partial charge >= 0.3 is 12.1 Å². The van der Waals surface area contributed by atoms with Gasteiger partial charge in [-0.1, -0.05) is 12.1 Å². The fourth-order valence-corrected chi connectivity index (χ4v) is 1.26. The predicted molar refractivity (Wildman–Crippen MR) is 56.0 cm³/mol. The Hall–Kier alpha value is -2.05. The maximum Gasteiger partial charge on any atom is 0.417 e. The van der Waals surface area contributed by atoms with Gasteiger partial charge in [-0.15, -0.1) is 0 Å². The van der Waals surface area contributed by atoms with Crippen LogP contribution in [0.5, 0.6) is 0 Å². The Morgan fingerprint density at radius 2 is 1.83 bits per heavy atom. The van der Waals surface area contributed by atoms with Gasteiger partial charge in [-0.3, -0.25) is 9.59 Å². The van der Waals surface area contributed by atoms with Crippen LogP contribution in [-0.2, 0) is 11.0 Å². The Morgan fingerprint density at radius 3 is 2.33 bits per heavy atom. The molecule has 0 saturated carbocycles. The second kappa shape index (κ2) is 5.07. The molecule has 0 heterocycles. The molecule has 18 heavy (non-hydrogen) atoms. The summed E-state index contributed by atoms with van der Waals surface area (Å²) in [5.41, 5.74) is -1.70. The van der Waals surface area contributed by atoms with Crippen molar-refractivity contribution in [2.45, 2.75) is 19.1 Å². The number of alkyl halides is 3. The lowest BCUT2D eigenvalue weighted by Crippen LogP contribution is -2.39. The third-order valence-electron chi connectivity index (χ3n) is 2.20. The van der Waals surface area contributed by atoms with Gasteiger partial charge in [0, 0.05) is 0 Å². The van der Waals surface area contributed by atoms with E-state index in [2.05, 4.69) is 0 Å². The van der Waals surface area contributed by atoms with Crippen LogP contribution in [0.3, 0.4) is 0 Å². The van der Waals surface area contributed by atoms with Gasteiger partial charge in [-0.2, -0.15) is 13.2 Å². The van der Waals surface area contributed by atoms with E-state index in [0.717, 1.165) is 25.1 Å². The molecule has 2 N–H and O–H groups in total. The summed E-state index contributed by atoms with van der Waals surface area (Å²) in [5, 5.41) is 10.5. The Balaban J connectivity index is 3.03. The Bertz CT molecular complexity index is 471. The van der Waals surface area contributed by atoms with Crippen molar-refractivity contribution in [3.63, 3.8) is 0 Å². The third-order valence-corrected chi connectivity index (χ3v) is 2.20. The molecular formula is C11H10F3NO3. The van der Waals surface area contributed by atoms with Gasteiger partial charge in [-0.05, 0) is 19.1 Å². The lowest BCUT2D eigenvalue weighted by molar-refractivity contribution is -0.138. The van der Waals surface area contributed by atoms with Gasteiger partial charge in [0.25, 0.3) is 5.91 Å². The van der Waals surface area contributed by atoms with Gasteiger partial charge in [0.15, 0.2) is 0 Å². The van der Waals surface area contributed by atoms with Crippen molar-refractivity contribution >= 4 is 11.9 Å². The van der Waals surface area contributed by atoms with Crippen LogP contribution in [0, 0.1) is 0 Å². The van der Waals surface area contributed by atoms with E-state index in [1.165, 1.54) is 6.07 Å². The Kier molecular flexibility index (Phi) is 3.95. The van der Waals surface area contributed by atoms with Crippen LogP contribution < -0.4 is 5.32 Å². The van der Waals surface area contributed by atoms with E-state index >= 15 is 0 Å². The molecule has 1 aromatic rings. The zero-order chi connectivity index (χ0) is 13.9. The first-order valence-electron chi connectivity index (χ1n) is 4.93. The number of carbonyl (C=O) groups is 2. The van der Waals surface area contributed by atoms with Crippen LogP contribution in [0.25, 0.3) is 0 Å². The highest BCUT2D eigenvalue weighted by Crippen LogP contribution is 2.31. The minimum absolute atomic E-state index is 0.599. The molecule has 0 spiro atoms. The van der Waals surface area contributed by atoms with Gasteiger partial charge in [-0.25, -0.2) is 0 Å². The summed E-state index contributed by atoms with van der Waals surface area (Å²) in [6, 6.07) is 2.92.